The molecule has 23 heavy (non-hydrogen) atoms. The molecular weight excluding hydrogens is 396 g/mol. The van der Waals surface area contributed by atoms with Crippen LogP contribution in [0.25, 0.3) is 0 Å². The number of rotatable bonds is 4. The number of pyridine rings is 1. The van der Waals surface area contributed by atoms with Gasteiger partial charge in [0, 0.05) is 21.9 Å². The molecule has 1 aromatic carbocycles. The molecule has 0 aliphatic carbocycles. The Labute approximate surface area is 151 Å². The fraction of sp³-hybridized carbons (Fsp3) is 0.0588. The number of hydrogen-bond acceptors (Lipinski definition) is 3. The Bertz CT molecular complexity index is 806. The monoisotopic (exact) mass is 406 g/mol. The van der Waals surface area contributed by atoms with Crippen LogP contribution in [0.3, 0.4) is 0 Å². The van der Waals surface area contributed by atoms with Crippen LogP contribution in [0.2, 0.25) is 5.02 Å². The van der Waals surface area contributed by atoms with E-state index in [1.165, 1.54) is 0 Å². The molecule has 0 saturated carbocycles. The fourth-order valence-electron chi connectivity index (χ4n) is 2.20. The van der Waals surface area contributed by atoms with Crippen molar-refractivity contribution in [3.05, 3.63) is 85.7 Å². The van der Waals surface area contributed by atoms with Crippen molar-refractivity contribution in [3.8, 4) is 0 Å². The van der Waals surface area contributed by atoms with Crippen molar-refractivity contribution < 1.29 is 4.79 Å². The smallest absolute Gasteiger partial charge is 0.253 e. The lowest BCUT2D eigenvalue weighted by molar-refractivity contribution is 0.0942. The van der Waals surface area contributed by atoms with E-state index in [9.17, 15) is 4.79 Å². The van der Waals surface area contributed by atoms with Crippen LogP contribution in [-0.4, -0.2) is 10.9 Å². The quantitative estimate of drug-likeness (QED) is 0.655. The van der Waals surface area contributed by atoms with Crippen molar-refractivity contribution in [3.63, 3.8) is 0 Å². The highest BCUT2D eigenvalue weighted by Crippen LogP contribution is 2.26. The first-order valence-electron chi connectivity index (χ1n) is 6.82. The molecule has 2 heterocycles. The highest BCUT2D eigenvalue weighted by atomic mass is 79.9. The molecule has 3 aromatic rings. The van der Waals surface area contributed by atoms with Gasteiger partial charge in [0.25, 0.3) is 5.91 Å². The first-order valence-corrected chi connectivity index (χ1v) is 8.94. The van der Waals surface area contributed by atoms with Gasteiger partial charge in [0.2, 0.25) is 0 Å². The normalized spacial score (nSPS) is 11.9. The molecular formula is C17H12BrClN2OS. The molecule has 3 nitrogen and oxygen atoms in total. The van der Waals surface area contributed by atoms with Gasteiger partial charge in [0.05, 0.1) is 11.6 Å². The van der Waals surface area contributed by atoms with Gasteiger partial charge in [-0.25, -0.2) is 0 Å². The maximum Gasteiger partial charge on any atom is 0.253 e. The van der Waals surface area contributed by atoms with E-state index >= 15 is 0 Å². The lowest BCUT2D eigenvalue weighted by Gasteiger charge is -2.18. The molecule has 1 atom stereocenters. The minimum Gasteiger partial charge on any atom is -0.341 e. The SMILES string of the molecule is O=C(NC(c1ccc(Cl)cc1)c1ccsc1)c1cncc(Br)c1. The summed E-state index contributed by atoms with van der Waals surface area (Å²) < 4.78 is 0.767. The molecule has 0 radical (unpaired) electrons. The predicted molar refractivity (Wildman–Crippen MR) is 97.0 cm³/mol. The first-order chi connectivity index (χ1) is 11.1. The third kappa shape index (κ3) is 3.99. The molecule has 1 N–H and O–H groups in total. The van der Waals surface area contributed by atoms with Crippen molar-refractivity contribution in [2.24, 2.45) is 0 Å². The standard InChI is InChI=1S/C17H12BrClN2OS/c18-14-7-13(8-20-9-14)17(22)21-16(12-5-6-23-10-12)11-1-3-15(19)4-2-11/h1-10,16H,(H,21,22). The van der Waals surface area contributed by atoms with Crippen molar-refractivity contribution in [1.29, 1.82) is 0 Å². The number of carbonyl (C=O) groups is 1. The largest absolute Gasteiger partial charge is 0.341 e. The van der Waals surface area contributed by atoms with Gasteiger partial charge >= 0.3 is 0 Å². The summed E-state index contributed by atoms with van der Waals surface area (Å²) in [6.07, 6.45) is 3.19. The number of aromatic nitrogens is 1. The Hall–Kier alpha value is -1.69. The second-order valence-corrected chi connectivity index (χ2v) is 7.04. The summed E-state index contributed by atoms with van der Waals surface area (Å²) >= 11 is 10.9. The molecule has 0 saturated heterocycles. The van der Waals surface area contributed by atoms with E-state index in [2.05, 4.69) is 26.2 Å². The third-order valence-corrected chi connectivity index (χ3v) is 4.71. The van der Waals surface area contributed by atoms with E-state index in [1.807, 2.05) is 41.1 Å². The Kier molecular flexibility index (Phi) is 5.10. The molecule has 0 bridgehead atoms. The predicted octanol–water partition coefficient (Wildman–Crippen LogP) is 5.08. The van der Waals surface area contributed by atoms with E-state index in [4.69, 9.17) is 11.6 Å². The minimum atomic E-state index is -0.231. The van der Waals surface area contributed by atoms with Crippen molar-refractivity contribution in [2.45, 2.75) is 6.04 Å². The summed E-state index contributed by atoms with van der Waals surface area (Å²) in [7, 11) is 0. The molecule has 0 aliphatic rings. The van der Waals surface area contributed by atoms with Gasteiger partial charge in [0.1, 0.15) is 0 Å². The third-order valence-electron chi connectivity index (χ3n) is 3.32. The molecule has 3 rings (SSSR count). The average molecular weight is 408 g/mol. The van der Waals surface area contributed by atoms with Crippen LogP contribution in [0, 0.1) is 0 Å². The zero-order chi connectivity index (χ0) is 16.2. The lowest BCUT2D eigenvalue weighted by atomic mass is 10.0. The van der Waals surface area contributed by atoms with Crippen molar-refractivity contribution >= 4 is 44.8 Å². The van der Waals surface area contributed by atoms with Crippen molar-refractivity contribution in [2.75, 3.05) is 0 Å². The Morgan fingerprint density at radius 1 is 1.17 bits per heavy atom. The van der Waals surface area contributed by atoms with Crippen LogP contribution < -0.4 is 5.32 Å². The van der Waals surface area contributed by atoms with Gasteiger partial charge in [-0.15, -0.1) is 0 Å². The second-order valence-electron chi connectivity index (χ2n) is 4.91. The first kappa shape index (κ1) is 16.2. The molecule has 1 unspecified atom stereocenters. The summed E-state index contributed by atoms with van der Waals surface area (Å²) in [5.74, 6) is -0.176. The van der Waals surface area contributed by atoms with Crippen LogP contribution in [-0.2, 0) is 0 Å². The van der Waals surface area contributed by atoms with Crippen molar-refractivity contribution in [1.82, 2.24) is 10.3 Å². The molecule has 2 aromatic heterocycles. The Morgan fingerprint density at radius 2 is 1.96 bits per heavy atom. The number of nitrogens with one attached hydrogen (secondary N) is 1. The van der Waals surface area contributed by atoms with Crippen LogP contribution in [0.4, 0.5) is 0 Å². The zero-order valence-corrected chi connectivity index (χ0v) is 15.0. The lowest BCUT2D eigenvalue weighted by Crippen LogP contribution is -2.29. The second kappa shape index (κ2) is 7.25. The van der Waals surface area contributed by atoms with E-state index in [1.54, 1.807) is 29.8 Å². The number of carbonyl (C=O) groups excluding carboxylic acids is 1. The van der Waals surface area contributed by atoms with E-state index < -0.39 is 0 Å². The minimum absolute atomic E-state index is 0.176. The summed E-state index contributed by atoms with van der Waals surface area (Å²) in [4.78, 5) is 16.6. The molecule has 6 heteroatoms. The summed E-state index contributed by atoms with van der Waals surface area (Å²) in [6.45, 7) is 0. The number of thiophene rings is 1. The summed E-state index contributed by atoms with van der Waals surface area (Å²) in [5.41, 5.74) is 2.52. The van der Waals surface area contributed by atoms with Gasteiger partial charge in [-0.1, -0.05) is 23.7 Å². The number of halogens is 2. The van der Waals surface area contributed by atoms with Gasteiger partial charge in [-0.3, -0.25) is 9.78 Å². The average Bonchev–Trinajstić information content (AvgIpc) is 3.07. The highest BCUT2D eigenvalue weighted by Gasteiger charge is 2.18. The van der Waals surface area contributed by atoms with Crippen LogP contribution >= 0.6 is 38.9 Å². The van der Waals surface area contributed by atoms with E-state index in [0.717, 1.165) is 15.6 Å². The van der Waals surface area contributed by atoms with Crippen LogP contribution in [0.15, 0.2) is 64.0 Å². The summed E-state index contributed by atoms with van der Waals surface area (Å²) in [5, 5.41) is 7.75. The van der Waals surface area contributed by atoms with E-state index in [-0.39, 0.29) is 11.9 Å². The molecule has 0 fully saturated rings. The number of amides is 1. The fourth-order valence-corrected chi connectivity index (χ4v) is 3.38. The zero-order valence-electron chi connectivity index (χ0n) is 11.9. The molecule has 0 spiro atoms. The Morgan fingerprint density at radius 3 is 2.61 bits per heavy atom. The Balaban J connectivity index is 1.90. The molecule has 1 amide bonds. The van der Waals surface area contributed by atoms with Crippen LogP contribution in [0.1, 0.15) is 27.5 Å². The number of benzene rings is 1. The van der Waals surface area contributed by atoms with Crippen LogP contribution in [0.5, 0.6) is 0 Å². The maximum atomic E-state index is 12.5. The van der Waals surface area contributed by atoms with Gasteiger partial charge in [0.15, 0.2) is 0 Å². The van der Waals surface area contributed by atoms with E-state index in [0.29, 0.717) is 10.6 Å². The summed E-state index contributed by atoms with van der Waals surface area (Å²) in [6, 6.07) is 11.0. The highest BCUT2D eigenvalue weighted by molar-refractivity contribution is 9.10. The van der Waals surface area contributed by atoms with Gasteiger partial charge in [-0.05, 0) is 62.1 Å². The van der Waals surface area contributed by atoms with Gasteiger partial charge < -0.3 is 5.32 Å². The number of hydrogen-bond donors (Lipinski definition) is 1. The van der Waals surface area contributed by atoms with Gasteiger partial charge in [-0.2, -0.15) is 11.3 Å². The maximum absolute atomic E-state index is 12.5. The topological polar surface area (TPSA) is 42.0 Å². The molecule has 116 valence electrons. The molecule has 0 aliphatic heterocycles. The number of nitrogens with zero attached hydrogens (tertiary/aromatic N) is 1.